The summed E-state index contributed by atoms with van der Waals surface area (Å²) >= 11 is 3.39. The number of nitrogens with one attached hydrogen (secondary N) is 2. The lowest BCUT2D eigenvalue weighted by atomic mass is 10.2. The predicted octanol–water partition coefficient (Wildman–Crippen LogP) is 1.97. The molecule has 2 N–H and O–H groups in total. The topological polar surface area (TPSA) is 53.6 Å². The molecule has 1 aromatic carbocycles. The molecule has 1 aliphatic rings. The molecule has 6 heteroatoms. The van der Waals surface area contributed by atoms with Gasteiger partial charge in [0.25, 0.3) is 0 Å². The average molecular weight is 356 g/mol. The third kappa shape index (κ3) is 6.46. The Morgan fingerprint density at radius 1 is 1.19 bits per heavy atom. The minimum Gasteiger partial charge on any atom is -0.379 e. The number of rotatable bonds is 6. The van der Waals surface area contributed by atoms with Crippen LogP contribution in [0.4, 0.5) is 4.79 Å². The summed E-state index contributed by atoms with van der Waals surface area (Å²) in [5.74, 6) is 0. The van der Waals surface area contributed by atoms with E-state index < -0.39 is 0 Å². The summed E-state index contributed by atoms with van der Waals surface area (Å²) in [6.45, 7) is 5.89. The van der Waals surface area contributed by atoms with Gasteiger partial charge in [-0.25, -0.2) is 4.79 Å². The molecular weight excluding hydrogens is 334 g/mol. The van der Waals surface area contributed by atoms with Crippen LogP contribution in [0.3, 0.4) is 0 Å². The second-order valence-corrected chi connectivity index (χ2v) is 5.96. The van der Waals surface area contributed by atoms with Crippen LogP contribution in [-0.2, 0) is 11.3 Å². The molecule has 1 aliphatic heterocycles. The van der Waals surface area contributed by atoms with Gasteiger partial charge in [0, 0.05) is 30.7 Å². The lowest BCUT2D eigenvalue weighted by molar-refractivity contribution is 0.0375. The molecule has 2 rings (SSSR count). The summed E-state index contributed by atoms with van der Waals surface area (Å²) in [7, 11) is 0. The second-order valence-electron chi connectivity index (χ2n) is 5.04. The number of carbonyl (C=O) groups excluding carboxylic acids is 1. The monoisotopic (exact) mass is 355 g/mol. The maximum atomic E-state index is 11.7. The molecule has 2 amide bonds. The quantitative estimate of drug-likeness (QED) is 0.767. The van der Waals surface area contributed by atoms with Crippen LogP contribution < -0.4 is 10.6 Å². The van der Waals surface area contributed by atoms with Crippen LogP contribution in [0.25, 0.3) is 0 Å². The first-order chi connectivity index (χ1) is 10.2. The van der Waals surface area contributed by atoms with Crippen molar-refractivity contribution in [2.45, 2.75) is 13.0 Å². The number of ether oxygens (including phenoxy) is 1. The Balaban J connectivity index is 1.54. The first-order valence-electron chi connectivity index (χ1n) is 7.30. The highest BCUT2D eigenvalue weighted by molar-refractivity contribution is 9.10. The number of benzene rings is 1. The number of carbonyl (C=O) groups is 1. The van der Waals surface area contributed by atoms with Crippen molar-refractivity contribution in [1.29, 1.82) is 0 Å². The second kappa shape index (κ2) is 9.02. The van der Waals surface area contributed by atoms with Gasteiger partial charge in [-0.3, -0.25) is 4.90 Å². The number of nitrogens with zero attached hydrogens (tertiary/aromatic N) is 1. The molecule has 0 aliphatic carbocycles. The summed E-state index contributed by atoms with van der Waals surface area (Å²) in [5, 5.41) is 5.74. The smallest absolute Gasteiger partial charge is 0.315 e. The molecule has 0 aromatic heterocycles. The fraction of sp³-hybridized carbons (Fsp3) is 0.533. The first-order valence-corrected chi connectivity index (χ1v) is 8.09. The Morgan fingerprint density at radius 3 is 2.62 bits per heavy atom. The van der Waals surface area contributed by atoms with Gasteiger partial charge < -0.3 is 15.4 Å². The summed E-state index contributed by atoms with van der Waals surface area (Å²) in [4.78, 5) is 14.0. The number of halogens is 1. The number of morpholine rings is 1. The summed E-state index contributed by atoms with van der Waals surface area (Å²) in [6, 6.07) is 7.81. The van der Waals surface area contributed by atoms with E-state index in [2.05, 4.69) is 31.5 Å². The van der Waals surface area contributed by atoms with Crippen LogP contribution >= 0.6 is 15.9 Å². The summed E-state index contributed by atoms with van der Waals surface area (Å²) in [6.07, 6.45) is 0.964. The molecule has 116 valence electrons. The van der Waals surface area contributed by atoms with Crippen LogP contribution in [0.5, 0.6) is 0 Å². The van der Waals surface area contributed by atoms with Gasteiger partial charge in [0.05, 0.1) is 13.2 Å². The molecular formula is C15H22BrN3O2. The number of hydrogen-bond donors (Lipinski definition) is 2. The van der Waals surface area contributed by atoms with Crippen molar-refractivity contribution in [3.8, 4) is 0 Å². The minimum absolute atomic E-state index is 0.111. The molecule has 0 saturated carbocycles. The van der Waals surface area contributed by atoms with Gasteiger partial charge in [0.15, 0.2) is 0 Å². The highest BCUT2D eigenvalue weighted by atomic mass is 79.9. The van der Waals surface area contributed by atoms with Crippen molar-refractivity contribution in [1.82, 2.24) is 15.5 Å². The summed E-state index contributed by atoms with van der Waals surface area (Å²) in [5.41, 5.74) is 1.08. The van der Waals surface area contributed by atoms with Crippen molar-refractivity contribution in [3.63, 3.8) is 0 Å². The third-order valence-corrected chi connectivity index (χ3v) is 3.94. The van der Waals surface area contributed by atoms with E-state index >= 15 is 0 Å². The van der Waals surface area contributed by atoms with Crippen LogP contribution in [0.2, 0.25) is 0 Å². The predicted molar refractivity (Wildman–Crippen MR) is 86.3 cm³/mol. The van der Waals surface area contributed by atoms with Crippen molar-refractivity contribution >= 4 is 22.0 Å². The van der Waals surface area contributed by atoms with Gasteiger partial charge in [0.2, 0.25) is 0 Å². The molecule has 0 atom stereocenters. The third-order valence-electron chi connectivity index (χ3n) is 3.41. The number of amides is 2. The van der Waals surface area contributed by atoms with Crippen molar-refractivity contribution in [2.75, 3.05) is 39.4 Å². The first kappa shape index (κ1) is 16.3. The van der Waals surface area contributed by atoms with Crippen LogP contribution in [0.1, 0.15) is 12.0 Å². The zero-order valence-corrected chi connectivity index (χ0v) is 13.7. The van der Waals surface area contributed by atoms with Crippen LogP contribution in [0.15, 0.2) is 28.7 Å². The van der Waals surface area contributed by atoms with E-state index in [0.29, 0.717) is 13.1 Å². The molecule has 0 bridgehead atoms. The number of urea groups is 1. The fourth-order valence-electron chi connectivity index (χ4n) is 2.18. The van der Waals surface area contributed by atoms with Gasteiger partial charge in [-0.15, -0.1) is 0 Å². The van der Waals surface area contributed by atoms with Crippen molar-refractivity contribution in [2.24, 2.45) is 0 Å². The van der Waals surface area contributed by atoms with Crippen LogP contribution in [-0.4, -0.2) is 50.3 Å². The highest BCUT2D eigenvalue weighted by Gasteiger charge is 2.09. The molecule has 1 heterocycles. The Kier molecular flexibility index (Phi) is 6.99. The standard InChI is InChI=1S/C15H22BrN3O2/c16-14-4-2-13(3-5-14)12-18-15(20)17-6-1-7-19-8-10-21-11-9-19/h2-5H,1,6-12H2,(H2,17,18,20). The van der Waals surface area contributed by atoms with E-state index in [-0.39, 0.29) is 6.03 Å². The van der Waals surface area contributed by atoms with Gasteiger partial charge in [-0.05, 0) is 30.7 Å². The van der Waals surface area contributed by atoms with Crippen molar-refractivity contribution in [3.05, 3.63) is 34.3 Å². The normalized spacial score (nSPS) is 15.7. The van der Waals surface area contributed by atoms with E-state index in [1.807, 2.05) is 24.3 Å². The van der Waals surface area contributed by atoms with E-state index in [1.165, 1.54) is 0 Å². The average Bonchev–Trinajstić information content (AvgIpc) is 2.52. The molecule has 0 radical (unpaired) electrons. The maximum absolute atomic E-state index is 11.7. The molecule has 5 nitrogen and oxygen atoms in total. The Morgan fingerprint density at radius 2 is 1.90 bits per heavy atom. The molecule has 1 fully saturated rings. The van der Waals surface area contributed by atoms with Crippen molar-refractivity contribution < 1.29 is 9.53 Å². The Hall–Kier alpha value is -1.11. The van der Waals surface area contributed by atoms with Crippen LogP contribution in [0, 0.1) is 0 Å². The SMILES string of the molecule is O=C(NCCCN1CCOCC1)NCc1ccc(Br)cc1. The van der Waals surface area contributed by atoms with Gasteiger partial charge in [0.1, 0.15) is 0 Å². The highest BCUT2D eigenvalue weighted by Crippen LogP contribution is 2.10. The summed E-state index contributed by atoms with van der Waals surface area (Å²) < 4.78 is 6.34. The molecule has 1 saturated heterocycles. The lowest BCUT2D eigenvalue weighted by Gasteiger charge is -2.26. The van der Waals surface area contributed by atoms with E-state index in [1.54, 1.807) is 0 Å². The molecule has 1 aromatic rings. The molecule has 0 unspecified atom stereocenters. The number of hydrogen-bond acceptors (Lipinski definition) is 3. The zero-order chi connectivity index (χ0) is 14.9. The minimum atomic E-state index is -0.111. The largest absolute Gasteiger partial charge is 0.379 e. The van der Waals surface area contributed by atoms with Gasteiger partial charge in [-0.1, -0.05) is 28.1 Å². The van der Waals surface area contributed by atoms with Gasteiger partial charge >= 0.3 is 6.03 Å². The Bertz CT molecular complexity index is 433. The zero-order valence-electron chi connectivity index (χ0n) is 12.1. The molecule has 0 spiro atoms. The molecule has 21 heavy (non-hydrogen) atoms. The van der Waals surface area contributed by atoms with E-state index in [9.17, 15) is 4.79 Å². The van der Waals surface area contributed by atoms with E-state index in [0.717, 1.165) is 49.3 Å². The lowest BCUT2D eigenvalue weighted by Crippen LogP contribution is -2.39. The Labute approximate surface area is 134 Å². The maximum Gasteiger partial charge on any atom is 0.315 e. The fourth-order valence-corrected chi connectivity index (χ4v) is 2.44. The van der Waals surface area contributed by atoms with Gasteiger partial charge in [-0.2, -0.15) is 0 Å². The van der Waals surface area contributed by atoms with E-state index in [4.69, 9.17) is 4.74 Å².